The third-order valence-electron chi connectivity index (χ3n) is 2.96. The maximum Gasteiger partial charge on any atom is 0.328 e. The van der Waals surface area contributed by atoms with Gasteiger partial charge in [-0.3, -0.25) is 9.59 Å². The van der Waals surface area contributed by atoms with Crippen LogP contribution < -0.4 is 5.32 Å². The van der Waals surface area contributed by atoms with Crippen LogP contribution in [0.25, 0.3) is 0 Å². The second-order valence-corrected chi connectivity index (χ2v) is 5.47. The van der Waals surface area contributed by atoms with Crippen LogP contribution in [0.2, 0.25) is 0 Å². The minimum atomic E-state index is -1.16. The molecule has 1 unspecified atom stereocenters. The van der Waals surface area contributed by atoms with Crippen molar-refractivity contribution in [3.8, 4) is 0 Å². The second kappa shape index (κ2) is 6.57. The zero-order valence-electron chi connectivity index (χ0n) is 10.9. The van der Waals surface area contributed by atoms with Crippen molar-refractivity contribution in [3.63, 3.8) is 0 Å². The van der Waals surface area contributed by atoms with Crippen molar-refractivity contribution in [2.24, 2.45) is 0 Å². The zero-order chi connectivity index (χ0) is 15.4. The number of carboxylic acids is 1. The Morgan fingerprint density at radius 1 is 1.38 bits per heavy atom. The molecule has 1 aromatic rings. The molecule has 1 aromatic carbocycles. The molecule has 0 bridgehead atoms. The standard InChI is InChI=1S/C13H13FN2O4S/c14-8-1-3-9(4-2-8)21-7-12(18)16-6-11(17)15-5-10(16)13(19)20/h1-4,10H,5-7H2,(H,15,17)(H,19,20). The minimum absolute atomic E-state index is 0.0112. The number of carbonyl (C=O) groups is 3. The number of hydrogen-bond acceptors (Lipinski definition) is 4. The van der Waals surface area contributed by atoms with E-state index in [1.165, 1.54) is 24.3 Å². The van der Waals surface area contributed by atoms with Gasteiger partial charge >= 0.3 is 5.97 Å². The molecule has 0 radical (unpaired) electrons. The molecule has 2 N–H and O–H groups in total. The van der Waals surface area contributed by atoms with Gasteiger partial charge in [0.05, 0.1) is 5.75 Å². The van der Waals surface area contributed by atoms with Crippen LogP contribution in [0.15, 0.2) is 29.2 Å². The number of aliphatic carboxylic acids is 1. The molecule has 0 aromatic heterocycles. The summed E-state index contributed by atoms with van der Waals surface area (Å²) in [6, 6.07) is 4.57. The SMILES string of the molecule is O=C1CN(C(=O)CSc2ccc(F)cc2)C(C(=O)O)CN1. The van der Waals surface area contributed by atoms with E-state index in [4.69, 9.17) is 5.11 Å². The Labute approximate surface area is 124 Å². The van der Waals surface area contributed by atoms with Crippen molar-refractivity contribution >= 4 is 29.5 Å². The normalized spacial score (nSPS) is 18.2. The van der Waals surface area contributed by atoms with Crippen LogP contribution in [-0.4, -0.2) is 52.7 Å². The second-order valence-electron chi connectivity index (χ2n) is 4.42. The summed E-state index contributed by atoms with van der Waals surface area (Å²) in [6.07, 6.45) is 0. The van der Waals surface area contributed by atoms with Crippen molar-refractivity contribution in [1.29, 1.82) is 0 Å². The Balaban J connectivity index is 1.98. The summed E-state index contributed by atoms with van der Waals surface area (Å²) in [7, 11) is 0. The van der Waals surface area contributed by atoms with Crippen LogP contribution in [0.3, 0.4) is 0 Å². The fraction of sp³-hybridized carbons (Fsp3) is 0.308. The van der Waals surface area contributed by atoms with Crippen molar-refractivity contribution in [2.45, 2.75) is 10.9 Å². The lowest BCUT2D eigenvalue weighted by molar-refractivity contribution is -0.152. The fourth-order valence-corrected chi connectivity index (χ4v) is 2.67. The summed E-state index contributed by atoms with van der Waals surface area (Å²) < 4.78 is 12.8. The van der Waals surface area contributed by atoms with E-state index in [0.29, 0.717) is 4.90 Å². The Morgan fingerprint density at radius 3 is 2.67 bits per heavy atom. The quantitative estimate of drug-likeness (QED) is 0.783. The Bertz CT molecular complexity index is 564. The van der Waals surface area contributed by atoms with Gasteiger partial charge in [-0.15, -0.1) is 11.8 Å². The van der Waals surface area contributed by atoms with E-state index in [1.54, 1.807) is 0 Å². The van der Waals surface area contributed by atoms with Crippen LogP contribution in [0.1, 0.15) is 0 Å². The highest BCUT2D eigenvalue weighted by atomic mass is 32.2. The molecule has 2 rings (SSSR count). The van der Waals surface area contributed by atoms with E-state index in [-0.39, 0.29) is 30.6 Å². The smallest absolute Gasteiger partial charge is 0.328 e. The van der Waals surface area contributed by atoms with Gasteiger partial charge in [-0.2, -0.15) is 0 Å². The number of rotatable bonds is 4. The van der Waals surface area contributed by atoms with Gasteiger partial charge in [0.15, 0.2) is 0 Å². The Morgan fingerprint density at radius 2 is 2.05 bits per heavy atom. The molecule has 1 aliphatic heterocycles. The number of carbonyl (C=O) groups excluding carboxylic acids is 2. The first kappa shape index (κ1) is 15.3. The molecule has 1 heterocycles. The summed E-state index contributed by atoms with van der Waals surface area (Å²) in [4.78, 5) is 36.2. The fourth-order valence-electron chi connectivity index (χ4n) is 1.88. The molecule has 1 aliphatic rings. The molecule has 0 saturated carbocycles. The van der Waals surface area contributed by atoms with Gasteiger partial charge in [0, 0.05) is 11.4 Å². The molecule has 2 amide bonds. The van der Waals surface area contributed by atoms with E-state index in [0.717, 1.165) is 16.7 Å². The van der Waals surface area contributed by atoms with E-state index in [1.807, 2.05) is 0 Å². The molecular formula is C13H13FN2O4S. The first-order valence-electron chi connectivity index (χ1n) is 6.14. The highest BCUT2D eigenvalue weighted by molar-refractivity contribution is 8.00. The number of piperazine rings is 1. The largest absolute Gasteiger partial charge is 0.480 e. The predicted molar refractivity (Wildman–Crippen MR) is 73.3 cm³/mol. The molecule has 21 heavy (non-hydrogen) atoms. The average Bonchev–Trinajstić information content (AvgIpc) is 2.46. The van der Waals surface area contributed by atoms with Crippen molar-refractivity contribution in [2.75, 3.05) is 18.8 Å². The van der Waals surface area contributed by atoms with E-state index in [9.17, 15) is 18.8 Å². The van der Waals surface area contributed by atoms with Crippen LogP contribution in [-0.2, 0) is 14.4 Å². The summed E-state index contributed by atoms with van der Waals surface area (Å²) >= 11 is 1.16. The Kier molecular flexibility index (Phi) is 4.79. The molecule has 0 aliphatic carbocycles. The topological polar surface area (TPSA) is 86.7 Å². The third kappa shape index (κ3) is 3.94. The highest BCUT2D eigenvalue weighted by Crippen LogP contribution is 2.19. The number of hydrogen-bond donors (Lipinski definition) is 2. The highest BCUT2D eigenvalue weighted by Gasteiger charge is 2.34. The van der Waals surface area contributed by atoms with Gasteiger partial charge in [0.1, 0.15) is 18.4 Å². The monoisotopic (exact) mass is 312 g/mol. The first-order chi connectivity index (χ1) is 9.97. The van der Waals surface area contributed by atoms with Gasteiger partial charge in [-0.1, -0.05) is 0 Å². The van der Waals surface area contributed by atoms with Crippen LogP contribution in [0.4, 0.5) is 4.39 Å². The molecule has 1 saturated heterocycles. The lowest BCUT2D eigenvalue weighted by atomic mass is 10.2. The van der Waals surface area contributed by atoms with E-state index < -0.39 is 17.9 Å². The number of carboxylic acid groups (broad SMARTS) is 1. The van der Waals surface area contributed by atoms with Crippen LogP contribution >= 0.6 is 11.8 Å². The minimum Gasteiger partial charge on any atom is -0.480 e. The lowest BCUT2D eigenvalue weighted by Crippen LogP contribution is -2.59. The summed E-state index contributed by atoms with van der Waals surface area (Å²) in [5.41, 5.74) is 0. The third-order valence-corrected chi connectivity index (χ3v) is 3.96. The van der Waals surface area contributed by atoms with Gasteiger partial charge in [-0.25, -0.2) is 9.18 Å². The molecule has 0 spiro atoms. The molecule has 6 nitrogen and oxygen atoms in total. The Hall–Kier alpha value is -2.09. The number of benzene rings is 1. The van der Waals surface area contributed by atoms with Gasteiger partial charge in [0.2, 0.25) is 11.8 Å². The molecule has 1 fully saturated rings. The number of amides is 2. The number of nitrogens with one attached hydrogen (secondary N) is 1. The van der Waals surface area contributed by atoms with Crippen molar-refractivity contribution in [1.82, 2.24) is 10.2 Å². The summed E-state index contributed by atoms with van der Waals surface area (Å²) in [5.74, 6) is -2.36. The zero-order valence-corrected chi connectivity index (χ0v) is 11.7. The van der Waals surface area contributed by atoms with Crippen molar-refractivity contribution in [3.05, 3.63) is 30.1 Å². The van der Waals surface area contributed by atoms with Crippen LogP contribution in [0, 0.1) is 5.82 Å². The maximum absolute atomic E-state index is 12.8. The van der Waals surface area contributed by atoms with Crippen LogP contribution in [0.5, 0.6) is 0 Å². The van der Waals surface area contributed by atoms with E-state index >= 15 is 0 Å². The predicted octanol–water partition coefficient (Wildman–Crippen LogP) is 0.329. The molecule has 8 heteroatoms. The molecule has 1 atom stereocenters. The van der Waals surface area contributed by atoms with Gasteiger partial charge < -0.3 is 15.3 Å². The number of thioether (sulfide) groups is 1. The van der Waals surface area contributed by atoms with Crippen molar-refractivity contribution < 1.29 is 23.9 Å². The average molecular weight is 312 g/mol. The van der Waals surface area contributed by atoms with Gasteiger partial charge in [-0.05, 0) is 24.3 Å². The van der Waals surface area contributed by atoms with E-state index in [2.05, 4.69) is 5.32 Å². The molecule has 112 valence electrons. The number of nitrogens with zero attached hydrogens (tertiary/aromatic N) is 1. The summed E-state index contributed by atoms with van der Waals surface area (Å²) in [6.45, 7) is -0.360. The lowest BCUT2D eigenvalue weighted by Gasteiger charge is -2.32. The van der Waals surface area contributed by atoms with Gasteiger partial charge in [0.25, 0.3) is 0 Å². The number of halogens is 1. The maximum atomic E-state index is 12.8. The first-order valence-corrected chi connectivity index (χ1v) is 7.13. The molecular weight excluding hydrogens is 299 g/mol. The summed E-state index contributed by atoms with van der Waals surface area (Å²) in [5, 5.41) is 11.5.